The number of benzene rings is 1. The molecule has 0 spiro atoms. The van der Waals surface area contributed by atoms with Gasteiger partial charge >= 0.3 is 5.97 Å². The van der Waals surface area contributed by atoms with Gasteiger partial charge in [-0.05, 0) is 130 Å². The van der Waals surface area contributed by atoms with Gasteiger partial charge in [-0.1, -0.05) is 64.2 Å². The molecule has 0 heterocycles. The molecule has 0 amide bonds. The molecule has 0 saturated heterocycles. The molecule has 0 aliphatic heterocycles. The summed E-state index contributed by atoms with van der Waals surface area (Å²) in [5, 5.41) is 8.95. The Morgan fingerprint density at radius 3 is 2.02 bits per heavy atom. The van der Waals surface area contributed by atoms with Crippen LogP contribution in [0.3, 0.4) is 0 Å². The molecule has 3 fully saturated rings. The van der Waals surface area contributed by atoms with Gasteiger partial charge in [0.15, 0.2) is 0 Å². The van der Waals surface area contributed by atoms with E-state index in [2.05, 4.69) is 25.6 Å². The zero-order valence-corrected chi connectivity index (χ0v) is 25.2. The number of halogens is 1. The van der Waals surface area contributed by atoms with Crippen LogP contribution in [0.15, 0.2) is 30.4 Å². The van der Waals surface area contributed by atoms with Crippen molar-refractivity contribution in [1.82, 2.24) is 0 Å². The highest BCUT2D eigenvalue weighted by Crippen LogP contribution is 2.45. The number of carbonyl (C=O) groups excluding carboxylic acids is 1. The molecule has 3 aliphatic carbocycles. The zero-order valence-electron chi connectivity index (χ0n) is 25.2. The van der Waals surface area contributed by atoms with Gasteiger partial charge in [0.2, 0.25) is 0 Å². The highest BCUT2D eigenvalue weighted by atomic mass is 19.1. The van der Waals surface area contributed by atoms with Gasteiger partial charge in [-0.2, -0.15) is 0 Å². The highest BCUT2D eigenvalue weighted by molar-refractivity contribution is 5.87. The number of unbranched alkanes of at least 4 members (excludes halogenated alkanes) is 2. The lowest BCUT2D eigenvalue weighted by atomic mass is 9.68. The van der Waals surface area contributed by atoms with Crippen molar-refractivity contribution >= 4 is 5.97 Å². The number of aliphatic hydroxyl groups is 1. The second kappa shape index (κ2) is 16.1. The smallest absolute Gasteiger partial charge is 0.335 e. The van der Waals surface area contributed by atoms with Gasteiger partial charge in [0.25, 0.3) is 0 Å². The molecule has 1 aromatic carbocycles. The number of hydrogen-bond acceptors (Lipinski definition) is 3. The third kappa shape index (κ3) is 8.91. The van der Waals surface area contributed by atoms with E-state index in [0.717, 1.165) is 54.9 Å². The number of esters is 1. The largest absolute Gasteiger partial charge is 0.462 e. The molecule has 3 nitrogen and oxygen atoms in total. The van der Waals surface area contributed by atoms with Gasteiger partial charge in [0.1, 0.15) is 5.82 Å². The van der Waals surface area contributed by atoms with Crippen molar-refractivity contribution in [2.75, 3.05) is 13.2 Å². The van der Waals surface area contributed by atoms with Crippen LogP contribution < -0.4 is 0 Å². The van der Waals surface area contributed by atoms with Crippen LogP contribution in [-0.4, -0.2) is 24.3 Å². The van der Waals surface area contributed by atoms with E-state index in [1.807, 2.05) is 6.07 Å². The molecule has 4 rings (SSSR count). The predicted octanol–water partition coefficient (Wildman–Crippen LogP) is 9.63. The second-order valence-corrected chi connectivity index (χ2v) is 13.4. The van der Waals surface area contributed by atoms with Crippen LogP contribution in [0.25, 0.3) is 0 Å². The minimum Gasteiger partial charge on any atom is -0.462 e. The number of carbonyl (C=O) groups is 1. The quantitative estimate of drug-likeness (QED) is 0.150. The van der Waals surface area contributed by atoms with Crippen molar-refractivity contribution in [2.45, 2.75) is 134 Å². The fourth-order valence-electron chi connectivity index (χ4n) is 8.15. The monoisotopic (exact) mass is 554 g/mol. The lowest BCUT2D eigenvalue weighted by Crippen LogP contribution is -2.25. The first-order chi connectivity index (χ1) is 19.5. The van der Waals surface area contributed by atoms with Crippen molar-refractivity contribution in [3.05, 3.63) is 47.3 Å². The molecule has 0 atom stereocenters. The minimum absolute atomic E-state index is 0.0536. The van der Waals surface area contributed by atoms with Crippen molar-refractivity contribution in [1.29, 1.82) is 0 Å². The summed E-state index contributed by atoms with van der Waals surface area (Å²) in [5.74, 6) is 3.78. The summed E-state index contributed by atoms with van der Waals surface area (Å²) in [6, 6.07) is 6.30. The van der Waals surface area contributed by atoms with Crippen LogP contribution in [-0.2, 0) is 9.53 Å². The number of aliphatic hydroxyl groups excluding tert-OH is 1. The summed E-state index contributed by atoms with van der Waals surface area (Å²) in [6.07, 6.45) is 22.5. The maximum Gasteiger partial charge on any atom is 0.335 e. The van der Waals surface area contributed by atoms with Crippen molar-refractivity contribution in [3.63, 3.8) is 0 Å². The third-order valence-corrected chi connectivity index (χ3v) is 10.8. The Morgan fingerprint density at radius 1 is 0.850 bits per heavy atom. The van der Waals surface area contributed by atoms with Crippen LogP contribution in [0.4, 0.5) is 4.39 Å². The van der Waals surface area contributed by atoms with Crippen molar-refractivity contribution in [2.24, 2.45) is 23.7 Å². The highest BCUT2D eigenvalue weighted by Gasteiger charge is 2.32. The number of hydrogen-bond donors (Lipinski definition) is 1. The van der Waals surface area contributed by atoms with E-state index >= 15 is 4.39 Å². The van der Waals surface area contributed by atoms with Crippen molar-refractivity contribution < 1.29 is 19.0 Å². The summed E-state index contributed by atoms with van der Waals surface area (Å²) in [4.78, 5) is 11.6. The van der Waals surface area contributed by atoms with Crippen LogP contribution in [0.5, 0.6) is 0 Å². The maximum absolute atomic E-state index is 15.4. The SMILES string of the molecule is C=C(CO)C(=O)OCCCC1CCC(C2CCC(c3ccc(C4CCC(CCCCC)CC4)cc3F)CC2)CC1. The Balaban J connectivity index is 1.15. The Kier molecular flexibility index (Phi) is 12.6. The van der Waals surface area contributed by atoms with E-state index in [1.54, 1.807) is 0 Å². The van der Waals surface area contributed by atoms with Crippen LogP contribution >= 0.6 is 0 Å². The van der Waals surface area contributed by atoms with Crippen LogP contribution in [0.1, 0.15) is 145 Å². The van der Waals surface area contributed by atoms with Crippen LogP contribution in [0, 0.1) is 29.5 Å². The first-order valence-electron chi connectivity index (χ1n) is 16.7. The molecule has 0 radical (unpaired) electrons. The zero-order chi connectivity index (χ0) is 28.3. The Labute approximate surface area is 243 Å². The minimum atomic E-state index is -0.479. The van der Waals surface area contributed by atoms with E-state index in [1.165, 1.54) is 95.5 Å². The summed E-state index contributed by atoms with van der Waals surface area (Å²) in [7, 11) is 0. The summed E-state index contributed by atoms with van der Waals surface area (Å²) in [6.45, 7) is 5.86. The van der Waals surface area contributed by atoms with E-state index in [-0.39, 0.29) is 18.0 Å². The molecule has 0 bridgehead atoms. The molecule has 3 saturated carbocycles. The molecule has 0 aromatic heterocycles. The Bertz CT molecular complexity index is 918. The lowest BCUT2D eigenvalue weighted by molar-refractivity contribution is -0.139. The number of rotatable bonds is 13. The predicted molar refractivity (Wildman–Crippen MR) is 162 cm³/mol. The van der Waals surface area contributed by atoms with E-state index < -0.39 is 5.97 Å². The van der Waals surface area contributed by atoms with Gasteiger partial charge < -0.3 is 9.84 Å². The van der Waals surface area contributed by atoms with Gasteiger partial charge in [0.05, 0.1) is 18.8 Å². The van der Waals surface area contributed by atoms with Gasteiger partial charge in [-0.15, -0.1) is 0 Å². The van der Waals surface area contributed by atoms with Gasteiger partial charge in [-0.3, -0.25) is 0 Å². The Morgan fingerprint density at radius 2 is 1.43 bits per heavy atom. The topological polar surface area (TPSA) is 46.5 Å². The van der Waals surface area contributed by atoms with Gasteiger partial charge in [0, 0.05) is 0 Å². The average Bonchev–Trinajstić information content (AvgIpc) is 2.99. The van der Waals surface area contributed by atoms with Gasteiger partial charge in [-0.25, -0.2) is 9.18 Å². The normalized spacial score (nSPS) is 29.2. The molecule has 40 heavy (non-hydrogen) atoms. The molecule has 224 valence electrons. The van der Waals surface area contributed by atoms with Crippen LogP contribution in [0.2, 0.25) is 0 Å². The molecule has 0 unspecified atom stereocenters. The van der Waals surface area contributed by atoms with E-state index in [0.29, 0.717) is 18.4 Å². The molecule has 3 aliphatic rings. The Hall–Kier alpha value is -1.68. The summed E-state index contributed by atoms with van der Waals surface area (Å²) >= 11 is 0. The first-order valence-corrected chi connectivity index (χ1v) is 16.7. The molecular formula is C36H55FO3. The fraction of sp³-hybridized carbons (Fsp3) is 0.750. The van der Waals surface area contributed by atoms with Crippen molar-refractivity contribution in [3.8, 4) is 0 Å². The first kappa shape index (κ1) is 31.3. The summed E-state index contributed by atoms with van der Waals surface area (Å²) in [5.41, 5.74) is 2.34. The summed E-state index contributed by atoms with van der Waals surface area (Å²) < 4.78 is 20.5. The lowest BCUT2D eigenvalue weighted by Gasteiger charge is -2.38. The van der Waals surface area contributed by atoms with E-state index in [4.69, 9.17) is 9.84 Å². The number of ether oxygens (including phenoxy) is 1. The second-order valence-electron chi connectivity index (χ2n) is 13.4. The standard InChI is InChI=1S/C36H55FO3/c1-3-4-5-7-27-11-15-31(16-12-27)33-21-22-34(35(37)24-33)32-19-17-30(18-20-32)29-13-9-28(10-14-29)8-6-23-40-36(39)26(2)25-38/h21-22,24,27-32,38H,2-20,23,25H2,1H3. The molecule has 4 heteroatoms. The third-order valence-electron chi connectivity index (χ3n) is 10.8. The maximum atomic E-state index is 15.4. The molecule has 1 aromatic rings. The van der Waals surface area contributed by atoms with E-state index in [9.17, 15) is 4.79 Å². The molecular weight excluding hydrogens is 499 g/mol. The fourth-order valence-corrected chi connectivity index (χ4v) is 8.15. The molecule has 1 N–H and O–H groups in total. The average molecular weight is 555 g/mol.